The predicted octanol–water partition coefficient (Wildman–Crippen LogP) is 2.45. The third kappa shape index (κ3) is 1.67. The third-order valence-corrected chi connectivity index (χ3v) is 2.56. The predicted molar refractivity (Wildman–Crippen MR) is 50.3 cm³/mol. The second kappa shape index (κ2) is 3.53. The van der Waals surface area contributed by atoms with Gasteiger partial charge in [-0.3, -0.25) is 4.79 Å². The zero-order valence-corrected chi connectivity index (χ0v) is 8.95. The lowest BCUT2D eigenvalue weighted by atomic mass is 10.2. The van der Waals surface area contributed by atoms with Gasteiger partial charge in [-0.15, -0.1) is 0 Å². The fraction of sp³-hybridized carbons (Fsp3) is 0. The lowest BCUT2D eigenvalue weighted by molar-refractivity contribution is 0.0995. The van der Waals surface area contributed by atoms with Crippen molar-refractivity contribution in [2.24, 2.45) is 5.73 Å². The number of nitrogens with two attached hydrogens (primary N) is 1. The Morgan fingerprint density at radius 1 is 1.33 bits per heavy atom. The zero-order chi connectivity index (χ0) is 9.30. The molecule has 0 radical (unpaired) electrons. The van der Waals surface area contributed by atoms with E-state index in [1.807, 2.05) is 0 Å². The number of halogens is 3. The quantitative estimate of drug-likeness (QED) is 0.795. The Hall–Kier alpha value is -0.420. The molecule has 1 amide bonds. The van der Waals surface area contributed by atoms with E-state index in [1.54, 1.807) is 6.07 Å². The SMILES string of the molecule is NC(=O)c1c(Br)ccc(Br)c1F. The summed E-state index contributed by atoms with van der Waals surface area (Å²) < 4.78 is 13.7. The van der Waals surface area contributed by atoms with E-state index in [0.29, 0.717) is 4.47 Å². The van der Waals surface area contributed by atoms with Gasteiger partial charge in [-0.25, -0.2) is 4.39 Å². The van der Waals surface area contributed by atoms with E-state index < -0.39 is 11.7 Å². The number of carbonyl (C=O) groups excluding carboxylic acids is 1. The van der Waals surface area contributed by atoms with Crippen molar-refractivity contribution >= 4 is 37.8 Å². The molecule has 0 unspecified atom stereocenters. The monoisotopic (exact) mass is 295 g/mol. The van der Waals surface area contributed by atoms with Crippen LogP contribution in [0.15, 0.2) is 21.1 Å². The number of primary amides is 1. The normalized spacial score (nSPS) is 9.92. The van der Waals surface area contributed by atoms with E-state index in [0.717, 1.165) is 0 Å². The maximum atomic E-state index is 13.1. The summed E-state index contributed by atoms with van der Waals surface area (Å²) in [6.45, 7) is 0. The summed E-state index contributed by atoms with van der Waals surface area (Å²) in [6, 6.07) is 3.04. The summed E-state index contributed by atoms with van der Waals surface area (Å²) >= 11 is 5.97. The van der Waals surface area contributed by atoms with Gasteiger partial charge in [-0.2, -0.15) is 0 Å². The summed E-state index contributed by atoms with van der Waals surface area (Å²) in [5, 5.41) is 0. The molecule has 0 aliphatic rings. The van der Waals surface area contributed by atoms with Gasteiger partial charge in [0, 0.05) is 4.47 Å². The lowest BCUT2D eigenvalue weighted by Crippen LogP contribution is -2.14. The highest BCUT2D eigenvalue weighted by Crippen LogP contribution is 2.25. The highest BCUT2D eigenvalue weighted by atomic mass is 79.9. The van der Waals surface area contributed by atoms with Gasteiger partial charge in [-0.1, -0.05) is 0 Å². The molecule has 0 spiro atoms. The van der Waals surface area contributed by atoms with E-state index >= 15 is 0 Å². The van der Waals surface area contributed by atoms with Gasteiger partial charge >= 0.3 is 0 Å². The first-order valence-corrected chi connectivity index (χ1v) is 4.56. The van der Waals surface area contributed by atoms with Gasteiger partial charge in [0.2, 0.25) is 0 Å². The second-order valence-corrected chi connectivity index (χ2v) is 3.79. The van der Waals surface area contributed by atoms with Crippen LogP contribution in [0.1, 0.15) is 10.4 Å². The van der Waals surface area contributed by atoms with E-state index in [-0.39, 0.29) is 10.0 Å². The molecular formula is C7H4Br2FNO. The average molecular weight is 297 g/mol. The van der Waals surface area contributed by atoms with Crippen molar-refractivity contribution in [3.05, 3.63) is 32.5 Å². The van der Waals surface area contributed by atoms with Crippen molar-refractivity contribution in [2.75, 3.05) is 0 Å². The standard InChI is InChI=1S/C7H4Br2FNO/c8-3-1-2-4(9)6(10)5(3)7(11)12/h1-2H,(H2,11,12). The number of carbonyl (C=O) groups is 1. The molecular weight excluding hydrogens is 293 g/mol. The van der Waals surface area contributed by atoms with Crippen molar-refractivity contribution in [1.29, 1.82) is 0 Å². The fourth-order valence-electron chi connectivity index (χ4n) is 0.753. The van der Waals surface area contributed by atoms with E-state index in [2.05, 4.69) is 31.9 Å². The molecule has 0 aliphatic heterocycles. The minimum Gasteiger partial charge on any atom is -0.365 e. The van der Waals surface area contributed by atoms with Crippen molar-refractivity contribution in [2.45, 2.75) is 0 Å². The molecule has 0 saturated heterocycles. The topological polar surface area (TPSA) is 43.1 Å². The van der Waals surface area contributed by atoms with Crippen LogP contribution in [-0.2, 0) is 0 Å². The highest BCUT2D eigenvalue weighted by molar-refractivity contribution is 9.11. The van der Waals surface area contributed by atoms with Crippen LogP contribution in [0.4, 0.5) is 4.39 Å². The van der Waals surface area contributed by atoms with Crippen LogP contribution in [0.2, 0.25) is 0 Å². The first kappa shape index (κ1) is 9.67. The van der Waals surface area contributed by atoms with Crippen molar-refractivity contribution < 1.29 is 9.18 Å². The Labute approximate surface area is 85.2 Å². The van der Waals surface area contributed by atoms with Gasteiger partial charge in [0.25, 0.3) is 5.91 Å². The Kier molecular flexibility index (Phi) is 2.85. The van der Waals surface area contributed by atoms with E-state index in [1.165, 1.54) is 6.07 Å². The van der Waals surface area contributed by atoms with Gasteiger partial charge in [0.15, 0.2) is 5.82 Å². The van der Waals surface area contributed by atoms with Crippen LogP contribution in [0.5, 0.6) is 0 Å². The summed E-state index contributed by atoms with van der Waals surface area (Å²) in [4.78, 5) is 10.7. The molecule has 0 bridgehead atoms. The van der Waals surface area contributed by atoms with Crippen LogP contribution in [0.25, 0.3) is 0 Å². The summed E-state index contributed by atoms with van der Waals surface area (Å²) in [5.41, 5.74) is 4.82. The van der Waals surface area contributed by atoms with Crippen LogP contribution in [-0.4, -0.2) is 5.91 Å². The molecule has 1 aromatic carbocycles. The van der Waals surface area contributed by atoms with Crippen LogP contribution in [0, 0.1) is 5.82 Å². The van der Waals surface area contributed by atoms with Crippen molar-refractivity contribution in [3.63, 3.8) is 0 Å². The van der Waals surface area contributed by atoms with Crippen molar-refractivity contribution in [1.82, 2.24) is 0 Å². The molecule has 0 aromatic heterocycles. The molecule has 0 heterocycles. The molecule has 2 nitrogen and oxygen atoms in total. The van der Waals surface area contributed by atoms with Crippen molar-refractivity contribution in [3.8, 4) is 0 Å². The Bertz CT molecular complexity index is 340. The zero-order valence-electron chi connectivity index (χ0n) is 5.77. The summed E-state index contributed by atoms with van der Waals surface area (Å²) in [5.74, 6) is -1.43. The van der Waals surface area contributed by atoms with Gasteiger partial charge in [-0.05, 0) is 44.0 Å². The number of rotatable bonds is 1. The van der Waals surface area contributed by atoms with E-state index in [9.17, 15) is 9.18 Å². The van der Waals surface area contributed by atoms with Gasteiger partial charge < -0.3 is 5.73 Å². The Morgan fingerprint density at radius 3 is 2.25 bits per heavy atom. The highest BCUT2D eigenvalue weighted by Gasteiger charge is 2.14. The first-order chi connectivity index (χ1) is 5.54. The van der Waals surface area contributed by atoms with Gasteiger partial charge in [0.1, 0.15) is 0 Å². The maximum absolute atomic E-state index is 13.1. The van der Waals surface area contributed by atoms with Gasteiger partial charge in [0.05, 0.1) is 10.0 Å². The molecule has 2 N–H and O–H groups in total. The number of hydrogen-bond acceptors (Lipinski definition) is 1. The molecule has 0 saturated carbocycles. The van der Waals surface area contributed by atoms with E-state index in [4.69, 9.17) is 5.73 Å². The minimum absolute atomic E-state index is 0.135. The third-order valence-electron chi connectivity index (χ3n) is 1.29. The Balaban J connectivity index is 3.43. The molecule has 1 rings (SSSR count). The number of hydrogen-bond donors (Lipinski definition) is 1. The molecule has 0 aliphatic carbocycles. The molecule has 0 fully saturated rings. The number of amides is 1. The molecule has 5 heteroatoms. The van der Waals surface area contributed by atoms with Crippen LogP contribution < -0.4 is 5.73 Å². The summed E-state index contributed by atoms with van der Waals surface area (Å²) in [7, 11) is 0. The smallest absolute Gasteiger partial charge is 0.252 e. The first-order valence-electron chi connectivity index (χ1n) is 2.97. The average Bonchev–Trinajstić information content (AvgIpc) is 1.97. The minimum atomic E-state index is -0.791. The summed E-state index contributed by atoms with van der Waals surface area (Å²) in [6.07, 6.45) is 0. The number of benzene rings is 1. The lowest BCUT2D eigenvalue weighted by Gasteiger charge is -2.02. The second-order valence-electron chi connectivity index (χ2n) is 2.08. The fourth-order valence-corrected chi connectivity index (χ4v) is 1.58. The Morgan fingerprint density at radius 2 is 1.83 bits per heavy atom. The van der Waals surface area contributed by atoms with Crippen LogP contribution >= 0.6 is 31.9 Å². The molecule has 0 atom stereocenters. The maximum Gasteiger partial charge on any atom is 0.252 e. The largest absolute Gasteiger partial charge is 0.365 e. The van der Waals surface area contributed by atoms with Crippen LogP contribution in [0.3, 0.4) is 0 Å². The molecule has 64 valence electrons. The molecule has 12 heavy (non-hydrogen) atoms. The molecule has 1 aromatic rings.